The van der Waals surface area contributed by atoms with Crippen LogP contribution < -0.4 is 0 Å². The third-order valence-corrected chi connectivity index (χ3v) is 7.17. The van der Waals surface area contributed by atoms with Crippen LogP contribution in [0.4, 0.5) is 0 Å². The van der Waals surface area contributed by atoms with E-state index in [-0.39, 0.29) is 0 Å². The molecule has 0 bridgehead atoms. The van der Waals surface area contributed by atoms with Gasteiger partial charge in [-0.05, 0) is 80.9 Å². The maximum Gasteiger partial charge on any atom is 0.145 e. The van der Waals surface area contributed by atoms with Crippen molar-refractivity contribution in [3.8, 4) is 22.3 Å². The molecule has 2 aliphatic rings. The number of fused-ring (bicyclic) bond motifs is 13. The number of rotatable bonds is 0. The summed E-state index contributed by atoms with van der Waals surface area (Å²) in [5, 5.41) is 3.61. The van der Waals surface area contributed by atoms with Crippen molar-refractivity contribution in [2.75, 3.05) is 0 Å². The molecule has 3 aromatic carbocycles. The highest BCUT2D eigenvalue weighted by atomic mass is 15.0. The van der Waals surface area contributed by atoms with E-state index in [9.17, 15) is 0 Å². The Morgan fingerprint density at radius 1 is 0.677 bits per heavy atom. The van der Waals surface area contributed by atoms with Crippen molar-refractivity contribution >= 4 is 27.3 Å². The van der Waals surface area contributed by atoms with E-state index in [1.165, 1.54) is 60.7 Å². The molecule has 0 saturated carbocycles. The Morgan fingerprint density at radius 2 is 1.52 bits per heavy atom. The van der Waals surface area contributed by atoms with Crippen molar-refractivity contribution in [3.05, 3.63) is 102 Å². The summed E-state index contributed by atoms with van der Waals surface area (Å²) in [4.78, 5) is 9.16. The largest absolute Gasteiger partial charge is 0.299 e. The van der Waals surface area contributed by atoms with Gasteiger partial charge in [0.1, 0.15) is 5.65 Å². The van der Waals surface area contributed by atoms with Gasteiger partial charge in [0.05, 0.1) is 5.52 Å². The van der Waals surface area contributed by atoms with Gasteiger partial charge in [0.15, 0.2) is 0 Å². The van der Waals surface area contributed by atoms with Crippen LogP contribution in [-0.2, 0) is 12.8 Å². The monoisotopic (exact) mass is 395 g/mol. The molecule has 0 atom stereocenters. The molecule has 0 amide bonds. The first-order valence-electron chi connectivity index (χ1n) is 10.8. The summed E-state index contributed by atoms with van der Waals surface area (Å²) in [6, 6.07) is 20.4. The van der Waals surface area contributed by atoms with Gasteiger partial charge in [-0.3, -0.25) is 9.38 Å². The normalized spacial score (nSPS) is 13.5. The van der Waals surface area contributed by atoms with Crippen LogP contribution in [-0.4, -0.2) is 14.4 Å². The van der Waals surface area contributed by atoms with Gasteiger partial charge in [-0.2, -0.15) is 0 Å². The highest BCUT2D eigenvalue weighted by Crippen LogP contribution is 2.50. The Bertz CT molecular complexity index is 1740. The number of pyridine rings is 2. The zero-order valence-corrected chi connectivity index (χ0v) is 16.8. The van der Waals surface area contributed by atoms with Gasteiger partial charge < -0.3 is 0 Å². The fourth-order valence-corrected chi connectivity index (χ4v) is 5.86. The van der Waals surface area contributed by atoms with Crippen LogP contribution in [0.5, 0.6) is 0 Å². The Balaban J connectivity index is 1.52. The molecule has 0 N–H and O–H groups in total. The quantitative estimate of drug-likeness (QED) is 0.287. The lowest BCUT2D eigenvalue weighted by Crippen LogP contribution is -1.93. The summed E-state index contributed by atoms with van der Waals surface area (Å²) in [5.74, 6) is 0. The van der Waals surface area contributed by atoms with Gasteiger partial charge in [-0.1, -0.05) is 36.4 Å². The van der Waals surface area contributed by atoms with E-state index >= 15 is 0 Å². The minimum absolute atomic E-state index is 0.984. The number of aromatic nitrogens is 3. The minimum Gasteiger partial charge on any atom is -0.299 e. The predicted octanol–water partition coefficient (Wildman–Crippen LogP) is 6.18. The van der Waals surface area contributed by atoms with Crippen molar-refractivity contribution in [3.63, 3.8) is 0 Å². The Kier molecular flexibility index (Phi) is 2.74. The topological polar surface area (TPSA) is 30.2 Å². The third kappa shape index (κ3) is 1.89. The van der Waals surface area contributed by atoms with Crippen molar-refractivity contribution in [1.82, 2.24) is 14.4 Å². The molecule has 8 rings (SSSR count). The average Bonchev–Trinajstić information content (AvgIpc) is 3.52. The lowest BCUT2D eigenvalue weighted by Gasteiger charge is -2.13. The summed E-state index contributed by atoms with van der Waals surface area (Å²) in [5.41, 5.74) is 13.5. The Morgan fingerprint density at radius 3 is 2.45 bits per heavy atom. The van der Waals surface area contributed by atoms with Gasteiger partial charge in [0, 0.05) is 35.6 Å². The second kappa shape index (κ2) is 5.38. The van der Waals surface area contributed by atoms with Gasteiger partial charge in [-0.25, -0.2) is 4.98 Å². The van der Waals surface area contributed by atoms with E-state index in [1.807, 2.05) is 24.8 Å². The molecule has 0 spiro atoms. The highest BCUT2D eigenvalue weighted by molar-refractivity contribution is 6.14. The number of nitrogens with zero attached hydrogens (tertiary/aromatic N) is 3. The van der Waals surface area contributed by atoms with E-state index in [2.05, 4.69) is 64.0 Å². The van der Waals surface area contributed by atoms with Crippen LogP contribution >= 0.6 is 0 Å². The first kappa shape index (κ1) is 15.8. The average molecular weight is 395 g/mol. The van der Waals surface area contributed by atoms with E-state index in [4.69, 9.17) is 4.98 Å². The molecule has 3 heterocycles. The number of benzene rings is 3. The van der Waals surface area contributed by atoms with Crippen molar-refractivity contribution in [2.24, 2.45) is 0 Å². The molecule has 0 fully saturated rings. The van der Waals surface area contributed by atoms with Crippen molar-refractivity contribution in [2.45, 2.75) is 12.8 Å². The van der Waals surface area contributed by atoms with Crippen LogP contribution in [0.2, 0.25) is 0 Å². The maximum atomic E-state index is 4.73. The summed E-state index contributed by atoms with van der Waals surface area (Å²) < 4.78 is 2.19. The molecule has 3 aromatic heterocycles. The van der Waals surface area contributed by atoms with Crippen LogP contribution in [0.3, 0.4) is 0 Å². The van der Waals surface area contributed by atoms with Gasteiger partial charge in [0.2, 0.25) is 0 Å². The first-order chi connectivity index (χ1) is 15.4. The van der Waals surface area contributed by atoms with E-state index in [1.54, 1.807) is 0 Å². The van der Waals surface area contributed by atoms with E-state index < -0.39 is 0 Å². The fourth-order valence-electron chi connectivity index (χ4n) is 5.86. The standard InChI is InChI=1S/C28H17N3/c1-2-4-20-16(3-1)11-17-5-6-18-12-19-13-22-23(14-21(19)27(18)26(17)20)28-30-9-10-31(28)25-7-8-29-15-24(22)25/h1-10,13-15H,11-12H2. The molecule has 0 saturated heterocycles. The molecule has 0 radical (unpaired) electrons. The Labute approximate surface area is 178 Å². The lowest BCUT2D eigenvalue weighted by molar-refractivity contribution is 1.23. The molecule has 2 aliphatic carbocycles. The second-order valence-corrected chi connectivity index (χ2v) is 8.71. The molecular formula is C28H17N3. The summed E-state index contributed by atoms with van der Waals surface area (Å²) in [6.45, 7) is 0. The molecule has 3 heteroatoms. The third-order valence-electron chi connectivity index (χ3n) is 7.17. The van der Waals surface area contributed by atoms with E-state index in [0.717, 1.165) is 24.0 Å². The number of hydrogen-bond donors (Lipinski definition) is 0. The van der Waals surface area contributed by atoms with Crippen LogP contribution in [0.1, 0.15) is 22.3 Å². The summed E-state index contributed by atoms with van der Waals surface area (Å²) in [7, 11) is 0. The maximum absolute atomic E-state index is 4.73. The predicted molar refractivity (Wildman–Crippen MR) is 124 cm³/mol. The van der Waals surface area contributed by atoms with Gasteiger partial charge in [0.25, 0.3) is 0 Å². The zero-order valence-electron chi connectivity index (χ0n) is 16.8. The Hall–Kier alpha value is -3.98. The van der Waals surface area contributed by atoms with Crippen molar-refractivity contribution in [1.29, 1.82) is 0 Å². The molecule has 31 heavy (non-hydrogen) atoms. The first-order valence-corrected chi connectivity index (χ1v) is 10.8. The lowest BCUT2D eigenvalue weighted by atomic mass is 9.92. The number of imidazole rings is 1. The van der Waals surface area contributed by atoms with Crippen LogP contribution in [0.25, 0.3) is 49.6 Å². The van der Waals surface area contributed by atoms with Crippen molar-refractivity contribution < 1.29 is 0 Å². The molecule has 6 aromatic rings. The van der Waals surface area contributed by atoms with Gasteiger partial charge in [-0.15, -0.1) is 0 Å². The van der Waals surface area contributed by atoms with Gasteiger partial charge >= 0.3 is 0 Å². The SMILES string of the molecule is c1ccc2c(c1)Cc1ccc3c(c1-2)-c1cc2c(cc1C3)c1cnccc1n1ccnc21. The molecular weight excluding hydrogens is 378 g/mol. The summed E-state index contributed by atoms with van der Waals surface area (Å²) in [6.07, 6.45) is 9.80. The fraction of sp³-hybridized carbons (Fsp3) is 0.0714. The molecule has 0 unspecified atom stereocenters. The molecule has 144 valence electrons. The smallest absolute Gasteiger partial charge is 0.145 e. The van der Waals surface area contributed by atoms with Crippen LogP contribution in [0.15, 0.2) is 79.4 Å². The molecule has 3 nitrogen and oxygen atoms in total. The van der Waals surface area contributed by atoms with E-state index in [0.29, 0.717) is 0 Å². The van der Waals surface area contributed by atoms with Crippen LogP contribution in [0, 0.1) is 0 Å². The highest BCUT2D eigenvalue weighted by Gasteiger charge is 2.29. The molecule has 0 aliphatic heterocycles. The number of hydrogen-bond acceptors (Lipinski definition) is 2. The second-order valence-electron chi connectivity index (χ2n) is 8.71. The zero-order chi connectivity index (χ0) is 20.1. The minimum atomic E-state index is 0.984. The summed E-state index contributed by atoms with van der Waals surface area (Å²) >= 11 is 0.